The van der Waals surface area contributed by atoms with Crippen molar-refractivity contribution in [3.05, 3.63) is 24.9 Å². The number of rotatable bonds is 4. The van der Waals surface area contributed by atoms with Gasteiger partial charge in [-0.2, -0.15) is 0 Å². The summed E-state index contributed by atoms with van der Waals surface area (Å²) in [5, 5.41) is 0. The zero-order valence-corrected chi connectivity index (χ0v) is 5.46. The van der Waals surface area contributed by atoms with Crippen molar-refractivity contribution in [2.24, 2.45) is 10.7 Å². The number of hydrogen-bond acceptors (Lipinski definition) is 2. The summed E-state index contributed by atoms with van der Waals surface area (Å²) in [6, 6.07) is 0. The molecule has 0 fully saturated rings. The van der Waals surface area contributed by atoms with E-state index in [0.29, 0.717) is 6.54 Å². The van der Waals surface area contributed by atoms with Gasteiger partial charge in [0.05, 0.1) is 0 Å². The van der Waals surface area contributed by atoms with E-state index in [4.69, 9.17) is 5.73 Å². The molecule has 0 aliphatic heterocycles. The lowest BCUT2D eigenvalue weighted by atomic mass is 10.4. The molecule has 0 saturated carbocycles. The molecule has 0 unspecified atom stereocenters. The molecule has 0 saturated heterocycles. The summed E-state index contributed by atoms with van der Waals surface area (Å²) >= 11 is 0. The van der Waals surface area contributed by atoms with Crippen LogP contribution < -0.4 is 5.73 Å². The van der Waals surface area contributed by atoms with Gasteiger partial charge in [0.25, 0.3) is 0 Å². The summed E-state index contributed by atoms with van der Waals surface area (Å²) in [4.78, 5) is 3.75. The molecule has 2 heteroatoms. The first-order chi connectivity index (χ1) is 4.41. The molecule has 0 atom stereocenters. The topological polar surface area (TPSA) is 38.4 Å². The summed E-state index contributed by atoms with van der Waals surface area (Å²) in [5.41, 5.74) is 5.23. The lowest BCUT2D eigenvalue weighted by Crippen LogP contribution is -1.94. The van der Waals surface area contributed by atoms with Crippen LogP contribution in [-0.2, 0) is 0 Å². The standard InChI is InChI=1S/C7H12N2/c1-2-9-7-5-3-4-6-8/h2-3,5,7H,1,4,6,8H2/b5-3-,9-7-. The zero-order valence-electron chi connectivity index (χ0n) is 5.46. The first-order valence-corrected chi connectivity index (χ1v) is 2.91. The van der Waals surface area contributed by atoms with E-state index in [1.807, 2.05) is 12.2 Å². The SMILES string of the molecule is C=C/N=C\C=C/CCN. The average molecular weight is 124 g/mol. The van der Waals surface area contributed by atoms with Gasteiger partial charge in [0.1, 0.15) is 0 Å². The van der Waals surface area contributed by atoms with E-state index in [-0.39, 0.29) is 0 Å². The number of aliphatic imine (C=N–C) groups is 1. The Hall–Kier alpha value is -0.890. The van der Waals surface area contributed by atoms with Gasteiger partial charge in [0, 0.05) is 12.4 Å². The van der Waals surface area contributed by atoms with Crippen LogP contribution in [0.25, 0.3) is 0 Å². The van der Waals surface area contributed by atoms with Gasteiger partial charge in [0.15, 0.2) is 0 Å². The van der Waals surface area contributed by atoms with Crippen LogP contribution >= 0.6 is 0 Å². The highest BCUT2D eigenvalue weighted by Gasteiger charge is 1.67. The van der Waals surface area contributed by atoms with Gasteiger partial charge in [-0.3, -0.25) is 4.99 Å². The van der Waals surface area contributed by atoms with Gasteiger partial charge in [-0.15, -0.1) is 0 Å². The molecular weight excluding hydrogens is 112 g/mol. The average Bonchev–Trinajstić information content (AvgIpc) is 1.89. The number of nitrogens with two attached hydrogens (primary N) is 1. The predicted octanol–water partition coefficient (Wildman–Crippen LogP) is 1.11. The Morgan fingerprint density at radius 2 is 2.33 bits per heavy atom. The molecule has 0 amide bonds. The molecule has 0 heterocycles. The molecule has 0 aromatic heterocycles. The first kappa shape index (κ1) is 8.11. The fourth-order valence-corrected chi connectivity index (χ4v) is 0.364. The number of allylic oxidation sites excluding steroid dienone is 1. The van der Waals surface area contributed by atoms with Crippen molar-refractivity contribution in [3.63, 3.8) is 0 Å². The quantitative estimate of drug-likeness (QED) is 0.560. The van der Waals surface area contributed by atoms with Crippen LogP contribution in [0.4, 0.5) is 0 Å². The molecule has 0 spiro atoms. The molecule has 2 nitrogen and oxygen atoms in total. The van der Waals surface area contributed by atoms with Gasteiger partial charge < -0.3 is 5.73 Å². The maximum atomic E-state index is 5.23. The largest absolute Gasteiger partial charge is 0.330 e. The predicted molar refractivity (Wildman–Crippen MR) is 41.5 cm³/mol. The van der Waals surface area contributed by atoms with E-state index in [0.717, 1.165) is 6.42 Å². The minimum atomic E-state index is 0.693. The number of hydrogen-bond donors (Lipinski definition) is 1. The minimum absolute atomic E-state index is 0.693. The molecule has 0 aliphatic carbocycles. The van der Waals surface area contributed by atoms with Crippen LogP contribution in [0, 0.1) is 0 Å². The Balaban J connectivity index is 3.23. The van der Waals surface area contributed by atoms with Crippen LogP contribution in [0.1, 0.15) is 6.42 Å². The second-order valence-electron chi connectivity index (χ2n) is 1.49. The Kier molecular flexibility index (Phi) is 6.41. The molecule has 9 heavy (non-hydrogen) atoms. The summed E-state index contributed by atoms with van der Waals surface area (Å²) in [6.07, 6.45) is 7.90. The van der Waals surface area contributed by atoms with Crippen LogP contribution in [0.5, 0.6) is 0 Å². The van der Waals surface area contributed by atoms with Crippen molar-refractivity contribution in [3.8, 4) is 0 Å². The van der Waals surface area contributed by atoms with Gasteiger partial charge in [-0.05, 0) is 19.0 Å². The Bertz CT molecular complexity index is 114. The fraction of sp³-hybridized carbons (Fsp3) is 0.286. The Morgan fingerprint density at radius 3 is 2.89 bits per heavy atom. The van der Waals surface area contributed by atoms with E-state index in [1.165, 1.54) is 6.20 Å². The molecule has 0 bridgehead atoms. The van der Waals surface area contributed by atoms with E-state index >= 15 is 0 Å². The number of nitrogens with zero attached hydrogens (tertiary/aromatic N) is 1. The van der Waals surface area contributed by atoms with Crippen molar-refractivity contribution >= 4 is 6.21 Å². The van der Waals surface area contributed by atoms with Crippen molar-refractivity contribution in [2.45, 2.75) is 6.42 Å². The minimum Gasteiger partial charge on any atom is -0.330 e. The molecular formula is C7H12N2. The van der Waals surface area contributed by atoms with Crippen molar-refractivity contribution < 1.29 is 0 Å². The Labute approximate surface area is 55.8 Å². The van der Waals surface area contributed by atoms with Crippen LogP contribution in [0.3, 0.4) is 0 Å². The lowest BCUT2D eigenvalue weighted by Gasteiger charge is -1.79. The monoisotopic (exact) mass is 124 g/mol. The second-order valence-corrected chi connectivity index (χ2v) is 1.49. The third-order valence-electron chi connectivity index (χ3n) is 0.747. The second kappa shape index (κ2) is 7.11. The highest BCUT2D eigenvalue weighted by atomic mass is 14.6. The van der Waals surface area contributed by atoms with Crippen LogP contribution in [-0.4, -0.2) is 12.8 Å². The van der Waals surface area contributed by atoms with Crippen molar-refractivity contribution in [1.29, 1.82) is 0 Å². The van der Waals surface area contributed by atoms with Gasteiger partial charge in [0.2, 0.25) is 0 Å². The van der Waals surface area contributed by atoms with Gasteiger partial charge in [-0.1, -0.05) is 12.7 Å². The smallest absolute Gasteiger partial charge is 0.0264 e. The van der Waals surface area contributed by atoms with E-state index in [1.54, 1.807) is 6.21 Å². The lowest BCUT2D eigenvalue weighted by molar-refractivity contribution is 1.01. The first-order valence-electron chi connectivity index (χ1n) is 2.91. The summed E-state index contributed by atoms with van der Waals surface area (Å²) in [7, 11) is 0. The third kappa shape index (κ3) is 7.11. The molecule has 0 aliphatic rings. The van der Waals surface area contributed by atoms with Gasteiger partial charge in [-0.25, -0.2) is 0 Å². The molecule has 0 rings (SSSR count). The van der Waals surface area contributed by atoms with E-state index < -0.39 is 0 Å². The van der Waals surface area contributed by atoms with Crippen molar-refractivity contribution in [1.82, 2.24) is 0 Å². The van der Waals surface area contributed by atoms with E-state index in [2.05, 4.69) is 11.6 Å². The summed E-state index contributed by atoms with van der Waals surface area (Å²) < 4.78 is 0. The normalized spacial score (nSPS) is 11.2. The summed E-state index contributed by atoms with van der Waals surface area (Å²) in [5.74, 6) is 0. The fourth-order valence-electron chi connectivity index (χ4n) is 0.364. The van der Waals surface area contributed by atoms with Crippen LogP contribution in [0.2, 0.25) is 0 Å². The molecule has 2 N–H and O–H groups in total. The highest BCUT2D eigenvalue weighted by Crippen LogP contribution is 1.75. The molecule has 50 valence electrons. The molecule has 0 radical (unpaired) electrons. The van der Waals surface area contributed by atoms with Gasteiger partial charge >= 0.3 is 0 Å². The van der Waals surface area contributed by atoms with Crippen molar-refractivity contribution in [2.75, 3.05) is 6.54 Å². The summed E-state index contributed by atoms with van der Waals surface area (Å²) in [6.45, 7) is 4.11. The maximum Gasteiger partial charge on any atom is 0.0264 e. The van der Waals surface area contributed by atoms with E-state index in [9.17, 15) is 0 Å². The Morgan fingerprint density at radius 1 is 1.56 bits per heavy atom. The highest BCUT2D eigenvalue weighted by molar-refractivity contribution is 5.71. The molecule has 0 aromatic rings. The van der Waals surface area contributed by atoms with Crippen LogP contribution in [0.15, 0.2) is 29.9 Å². The zero-order chi connectivity index (χ0) is 6.95. The maximum absolute atomic E-state index is 5.23. The third-order valence-corrected chi connectivity index (χ3v) is 0.747. The molecule has 0 aromatic carbocycles.